The number of aromatic nitrogens is 2. The maximum absolute atomic E-state index is 4.46. The van der Waals surface area contributed by atoms with Gasteiger partial charge >= 0.3 is 0 Å². The van der Waals surface area contributed by atoms with Crippen LogP contribution in [-0.4, -0.2) is 66.1 Å². The lowest BCUT2D eigenvalue weighted by atomic mass is 10.0. The predicted molar refractivity (Wildman–Crippen MR) is 99.2 cm³/mol. The summed E-state index contributed by atoms with van der Waals surface area (Å²) in [4.78, 5) is 16.2. The van der Waals surface area contributed by atoms with E-state index in [2.05, 4.69) is 33.6 Å². The maximum atomic E-state index is 4.46. The van der Waals surface area contributed by atoms with Crippen LogP contribution in [0, 0.1) is 11.8 Å². The molecule has 0 unspecified atom stereocenters. The largest absolute Gasteiger partial charge is 0.347 e. The van der Waals surface area contributed by atoms with Crippen LogP contribution in [-0.2, 0) is 6.54 Å². The second kappa shape index (κ2) is 7.79. The Labute approximate surface area is 147 Å². The van der Waals surface area contributed by atoms with Gasteiger partial charge in [-0.2, -0.15) is 0 Å². The first-order valence-electron chi connectivity index (χ1n) is 9.47. The van der Waals surface area contributed by atoms with Gasteiger partial charge in [-0.3, -0.25) is 9.80 Å². The third-order valence-corrected chi connectivity index (χ3v) is 5.29. The highest BCUT2D eigenvalue weighted by molar-refractivity contribution is 5.26. The van der Waals surface area contributed by atoms with E-state index in [1.54, 1.807) is 0 Å². The molecule has 0 radical (unpaired) electrons. The molecule has 2 aliphatic rings. The number of rotatable bonds is 6. The van der Waals surface area contributed by atoms with E-state index in [4.69, 9.17) is 0 Å². The van der Waals surface area contributed by atoms with Crippen LogP contribution in [0.1, 0.15) is 38.7 Å². The highest BCUT2D eigenvalue weighted by Crippen LogP contribution is 2.32. The van der Waals surface area contributed by atoms with Crippen molar-refractivity contribution < 1.29 is 0 Å². The molecule has 5 nitrogen and oxygen atoms in total. The number of hydrogen-bond acceptors (Lipinski definition) is 5. The van der Waals surface area contributed by atoms with Crippen LogP contribution in [0.15, 0.2) is 12.4 Å². The lowest BCUT2D eigenvalue weighted by Crippen LogP contribution is -2.45. The monoisotopic (exact) mass is 331 g/mol. The van der Waals surface area contributed by atoms with Crippen molar-refractivity contribution in [3.05, 3.63) is 18.0 Å². The fourth-order valence-corrected chi connectivity index (χ4v) is 3.69. The number of hydrogen-bond donors (Lipinski definition) is 0. The van der Waals surface area contributed by atoms with Gasteiger partial charge in [0.1, 0.15) is 0 Å². The predicted octanol–water partition coefficient (Wildman–Crippen LogP) is 2.48. The summed E-state index contributed by atoms with van der Waals surface area (Å²) in [7, 11) is 3.96. The summed E-state index contributed by atoms with van der Waals surface area (Å²) < 4.78 is 0. The summed E-state index contributed by atoms with van der Waals surface area (Å²) >= 11 is 0. The fraction of sp³-hybridized carbons (Fsp3) is 0.789. The summed E-state index contributed by atoms with van der Waals surface area (Å²) in [6.07, 6.45) is 8.13. The second-order valence-electron chi connectivity index (χ2n) is 8.12. The summed E-state index contributed by atoms with van der Waals surface area (Å²) in [6, 6.07) is 0.676. The Hall–Kier alpha value is -1.20. The molecule has 3 rings (SSSR count). The Bertz CT molecular complexity index is 509. The van der Waals surface area contributed by atoms with Gasteiger partial charge in [-0.15, -0.1) is 0 Å². The van der Waals surface area contributed by atoms with Crippen molar-refractivity contribution in [3.8, 4) is 0 Å². The molecule has 1 aliphatic carbocycles. The van der Waals surface area contributed by atoms with Crippen LogP contribution in [0.25, 0.3) is 0 Å². The van der Waals surface area contributed by atoms with Gasteiger partial charge in [-0.25, -0.2) is 9.97 Å². The van der Waals surface area contributed by atoms with E-state index < -0.39 is 0 Å². The van der Waals surface area contributed by atoms with Gasteiger partial charge in [0.25, 0.3) is 0 Å². The molecule has 1 aliphatic heterocycles. The second-order valence-corrected chi connectivity index (χ2v) is 8.12. The van der Waals surface area contributed by atoms with E-state index in [1.165, 1.54) is 51.0 Å². The van der Waals surface area contributed by atoms with Crippen molar-refractivity contribution in [3.63, 3.8) is 0 Å². The van der Waals surface area contributed by atoms with E-state index in [1.807, 2.05) is 31.4 Å². The van der Waals surface area contributed by atoms with Crippen LogP contribution in [0.2, 0.25) is 0 Å². The van der Waals surface area contributed by atoms with E-state index in [-0.39, 0.29) is 0 Å². The Balaban J connectivity index is 1.62. The van der Waals surface area contributed by atoms with E-state index >= 15 is 0 Å². The first-order chi connectivity index (χ1) is 11.5. The third kappa shape index (κ3) is 4.67. The van der Waals surface area contributed by atoms with E-state index in [0.29, 0.717) is 12.0 Å². The molecule has 2 fully saturated rings. The molecule has 0 amide bonds. The van der Waals surface area contributed by atoms with Crippen molar-refractivity contribution in [1.82, 2.24) is 19.8 Å². The standard InChI is InChI=1S/C19H33N5/c1-15(2)18-14-23(8-5-9-24(18)13-16-6-7-16)12-17-10-20-19(21-11-17)22(3)4/h10-11,15-16,18H,5-9,12-14H2,1-4H3/t18-/m0/s1. The molecule has 0 spiro atoms. The van der Waals surface area contributed by atoms with Crippen LogP contribution in [0.3, 0.4) is 0 Å². The molecule has 0 N–H and O–H groups in total. The molecule has 0 aromatic carbocycles. The number of anilines is 1. The molecule has 0 bridgehead atoms. The first kappa shape index (κ1) is 17.6. The zero-order valence-corrected chi connectivity index (χ0v) is 15.8. The maximum Gasteiger partial charge on any atom is 0.224 e. The molecular weight excluding hydrogens is 298 g/mol. The Morgan fingerprint density at radius 2 is 1.88 bits per heavy atom. The van der Waals surface area contributed by atoms with Crippen molar-refractivity contribution in [1.29, 1.82) is 0 Å². The summed E-state index contributed by atoms with van der Waals surface area (Å²) in [5.41, 5.74) is 1.22. The molecule has 1 saturated heterocycles. The van der Waals surface area contributed by atoms with E-state index in [0.717, 1.165) is 18.4 Å². The minimum atomic E-state index is 0.676. The minimum absolute atomic E-state index is 0.676. The normalized spacial score (nSPS) is 23.5. The molecule has 1 aromatic heterocycles. The summed E-state index contributed by atoms with van der Waals surface area (Å²) in [5.74, 6) is 2.46. The van der Waals surface area contributed by atoms with Gasteiger partial charge in [0.15, 0.2) is 0 Å². The number of nitrogens with zero attached hydrogens (tertiary/aromatic N) is 5. The lowest BCUT2D eigenvalue weighted by Gasteiger charge is -2.34. The third-order valence-electron chi connectivity index (χ3n) is 5.29. The smallest absolute Gasteiger partial charge is 0.224 e. The average Bonchev–Trinajstić information content (AvgIpc) is 3.36. The lowest BCUT2D eigenvalue weighted by molar-refractivity contribution is 0.132. The van der Waals surface area contributed by atoms with Gasteiger partial charge in [-0.05, 0) is 44.2 Å². The highest BCUT2D eigenvalue weighted by atomic mass is 15.3. The Kier molecular flexibility index (Phi) is 5.72. The van der Waals surface area contributed by atoms with Crippen molar-refractivity contribution in [2.75, 3.05) is 45.2 Å². The topological polar surface area (TPSA) is 35.5 Å². The first-order valence-corrected chi connectivity index (χ1v) is 9.47. The van der Waals surface area contributed by atoms with Crippen molar-refractivity contribution >= 4 is 5.95 Å². The Morgan fingerprint density at radius 1 is 1.17 bits per heavy atom. The van der Waals surface area contributed by atoms with Gasteiger partial charge < -0.3 is 4.90 Å². The molecular formula is C19H33N5. The SMILES string of the molecule is CC(C)[C@@H]1CN(Cc2cnc(N(C)C)nc2)CCCN1CC1CC1. The van der Waals surface area contributed by atoms with Gasteiger partial charge in [0.05, 0.1) is 0 Å². The quantitative estimate of drug-likeness (QED) is 0.800. The minimum Gasteiger partial charge on any atom is -0.347 e. The molecule has 24 heavy (non-hydrogen) atoms. The highest BCUT2D eigenvalue weighted by Gasteiger charge is 2.32. The summed E-state index contributed by atoms with van der Waals surface area (Å²) in [5, 5.41) is 0. The van der Waals surface area contributed by atoms with Gasteiger partial charge in [0.2, 0.25) is 5.95 Å². The molecule has 2 heterocycles. The van der Waals surface area contributed by atoms with Crippen LogP contribution in [0.5, 0.6) is 0 Å². The molecule has 1 aromatic rings. The zero-order valence-electron chi connectivity index (χ0n) is 15.8. The molecule has 1 saturated carbocycles. The molecule has 134 valence electrons. The zero-order chi connectivity index (χ0) is 17.1. The summed E-state index contributed by atoms with van der Waals surface area (Å²) in [6.45, 7) is 10.6. The van der Waals surface area contributed by atoms with E-state index in [9.17, 15) is 0 Å². The van der Waals surface area contributed by atoms with Crippen molar-refractivity contribution in [2.24, 2.45) is 11.8 Å². The molecule has 5 heteroatoms. The van der Waals surface area contributed by atoms with Gasteiger partial charge in [0, 0.05) is 57.7 Å². The average molecular weight is 332 g/mol. The van der Waals surface area contributed by atoms with Crippen LogP contribution in [0.4, 0.5) is 5.95 Å². The van der Waals surface area contributed by atoms with Crippen LogP contribution >= 0.6 is 0 Å². The van der Waals surface area contributed by atoms with Crippen LogP contribution < -0.4 is 4.90 Å². The van der Waals surface area contributed by atoms with Crippen molar-refractivity contribution in [2.45, 2.75) is 45.7 Å². The molecule has 1 atom stereocenters. The van der Waals surface area contributed by atoms with Gasteiger partial charge in [-0.1, -0.05) is 13.8 Å². The fourth-order valence-electron chi connectivity index (χ4n) is 3.69. The Morgan fingerprint density at radius 3 is 2.46 bits per heavy atom.